The van der Waals surface area contributed by atoms with Crippen molar-refractivity contribution in [3.05, 3.63) is 32.9 Å². The van der Waals surface area contributed by atoms with Crippen LogP contribution in [0.2, 0.25) is 5.02 Å². The van der Waals surface area contributed by atoms with Crippen LogP contribution in [-0.2, 0) is 14.3 Å². The van der Waals surface area contributed by atoms with E-state index in [1.807, 2.05) is 6.92 Å². The third-order valence-corrected chi connectivity index (χ3v) is 5.68. The lowest BCUT2D eigenvalue weighted by atomic mass is 10.1. The summed E-state index contributed by atoms with van der Waals surface area (Å²) in [5.41, 5.74) is 1.17. The predicted octanol–water partition coefficient (Wildman–Crippen LogP) is 4.16. The van der Waals surface area contributed by atoms with E-state index in [1.54, 1.807) is 33.9 Å². The van der Waals surface area contributed by atoms with Crippen LogP contribution in [0, 0.1) is 13.8 Å². The first kappa shape index (κ1) is 22.9. The number of carbonyl (C=O) groups excluding carboxylic acids is 3. The third kappa shape index (κ3) is 5.16. The Balaban J connectivity index is 2.35. The number of nitrogens with zero attached hydrogens (tertiary/aromatic N) is 2. The molecule has 0 saturated carbocycles. The maximum atomic E-state index is 12.8. The van der Waals surface area contributed by atoms with Crippen LogP contribution in [-0.4, -0.2) is 40.8 Å². The highest BCUT2D eigenvalue weighted by Crippen LogP contribution is 2.35. The van der Waals surface area contributed by atoms with Crippen LogP contribution in [0.4, 0.5) is 5.00 Å². The fraction of sp³-hybridized carbons (Fsp3) is 0.474. The van der Waals surface area contributed by atoms with Gasteiger partial charge in [0, 0.05) is 6.20 Å². The van der Waals surface area contributed by atoms with Crippen molar-refractivity contribution in [3.63, 3.8) is 0 Å². The minimum atomic E-state index is -0.686. The van der Waals surface area contributed by atoms with Crippen molar-refractivity contribution < 1.29 is 23.9 Å². The summed E-state index contributed by atoms with van der Waals surface area (Å²) in [7, 11) is 0. The summed E-state index contributed by atoms with van der Waals surface area (Å²) in [6, 6.07) is -0.686. The standard InChI is InChI=1S/C19H24ClN3O5S/c1-6-8-28-18(25)14-10(3)15(19(26)27-7-2)29-17(14)21-16(24)12(5)23-9-13(20)11(4)22-23/h9,12H,6-8H2,1-5H3,(H,21,24). The van der Waals surface area contributed by atoms with Crippen molar-refractivity contribution in [1.82, 2.24) is 9.78 Å². The number of anilines is 1. The van der Waals surface area contributed by atoms with E-state index >= 15 is 0 Å². The molecule has 10 heteroatoms. The van der Waals surface area contributed by atoms with E-state index in [1.165, 1.54) is 4.68 Å². The molecule has 2 heterocycles. The van der Waals surface area contributed by atoms with Crippen molar-refractivity contribution in [1.29, 1.82) is 0 Å². The van der Waals surface area contributed by atoms with Gasteiger partial charge < -0.3 is 14.8 Å². The molecule has 0 spiro atoms. The van der Waals surface area contributed by atoms with Crippen LogP contribution < -0.4 is 5.32 Å². The van der Waals surface area contributed by atoms with Gasteiger partial charge in [-0.2, -0.15) is 5.10 Å². The molecule has 0 bridgehead atoms. The molecule has 1 atom stereocenters. The van der Waals surface area contributed by atoms with E-state index in [9.17, 15) is 14.4 Å². The number of aryl methyl sites for hydroxylation is 1. The molecule has 2 aromatic rings. The van der Waals surface area contributed by atoms with E-state index in [2.05, 4.69) is 10.4 Å². The Hall–Kier alpha value is -2.39. The first-order valence-corrected chi connectivity index (χ1v) is 10.4. The number of rotatable bonds is 8. The predicted molar refractivity (Wildman–Crippen MR) is 111 cm³/mol. The lowest BCUT2D eigenvalue weighted by Gasteiger charge is -2.13. The van der Waals surface area contributed by atoms with Crippen LogP contribution >= 0.6 is 22.9 Å². The molecule has 0 aliphatic heterocycles. The van der Waals surface area contributed by atoms with Gasteiger partial charge in [-0.1, -0.05) is 18.5 Å². The monoisotopic (exact) mass is 441 g/mol. The van der Waals surface area contributed by atoms with E-state index in [0.717, 1.165) is 11.3 Å². The van der Waals surface area contributed by atoms with Gasteiger partial charge in [0.05, 0.1) is 29.5 Å². The van der Waals surface area contributed by atoms with Crippen LogP contribution in [0.15, 0.2) is 6.20 Å². The number of amides is 1. The van der Waals surface area contributed by atoms with Crippen LogP contribution in [0.5, 0.6) is 0 Å². The Bertz CT molecular complexity index is 902. The molecule has 0 fully saturated rings. The molecule has 8 nitrogen and oxygen atoms in total. The van der Waals surface area contributed by atoms with Gasteiger partial charge in [0.2, 0.25) is 5.91 Å². The first-order valence-electron chi connectivity index (χ1n) is 9.20. The maximum absolute atomic E-state index is 12.8. The van der Waals surface area contributed by atoms with E-state index in [4.69, 9.17) is 21.1 Å². The molecule has 29 heavy (non-hydrogen) atoms. The van der Waals surface area contributed by atoms with E-state index in [0.29, 0.717) is 22.7 Å². The van der Waals surface area contributed by atoms with Crippen LogP contribution in [0.25, 0.3) is 0 Å². The van der Waals surface area contributed by atoms with Crippen molar-refractivity contribution in [3.8, 4) is 0 Å². The maximum Gasteiger partial charge on any atom is 0.348 e. The zero-order valence-corrected chi connectivity index (χ0v) is 18.6. The summed E-state index contributed by atoms with van der Waals surface area (Å²) in [6.45, 7) is 9.01. The lowest BCUT2D eigenvalue weighted by molar-refractivity contribution is -0.119. The number of nitrogens with one attached hydrogen (secondary N) is 1. The Labute approximate surface area is 178 Å². The molecule has 0 aromatic carbocycles. The highest BCUT2D eigenvalue weighted by Gasteiger charge is 2.28. The highest BCUT2D eigenvalue weighted by molar-refractivity contribution is 7.18. The fourth-order valence-electron chi connectivity index (χ4n) is 2.50. The minimum absolute atomic E-state index is 0.154. The Morgan fingerprint density at radius 1 is 1.24 bits per heavy atom. The number of hydrogen-bond donors (Lipinski definition) is 1. The highest BCUT2D eigenvalue weighted by atomic mass is 35.5. The third-order valence-electron chi connectivity index (χ3n) is 4.12. The second-order valence-electron chi connectivity index (χ2n) is 6.32. The summed E-state index contributed by atoms with van der Waals surface area (Å²) >= 11 is 7.00. The number of esters is 2. The van der Waals surface area contributed by atoms with Crippen LogP contribution in [0.1, 0.15) is 64.5 Å². The van der Waals surface area contributed by atoms with Gasteiger partial charge in [-0.05, 0) is 39.7 Å². The van der Waals surface area contributed by atoms with Crippen molar-refractivity contribution >= 4 is 45.8 Å². The molecule has 1 N–H and O–H groups in total. The van der Waals surface area contributed by atoms with Gasteiger partial charge >= 0.3 is 11.9 Å². The molecule has 0 saturated heterocycles. The number of thiophene rings is 1. The molecule has 2 aromatic heterocycles. The molecule has 0 radical (unpaired) electrons. The van der Waals surface area contributed by atoms with E-state index < -0.39 is 23.9 Å². The van der Waals surface area contributed by atoms with Gasteiger partial charge in [-0.15, -0.1) is 11.3 Å². The minimum Gasteiger partial charge on any atom is -0.462 e. The second-order valence-corrected chi connectivity index (χ2v) is 7.75. The summed E-state index contributed by atoms with van der Waals surface area (Å²) in [6.07, 6.45) is 2.21. The molecule has 2 rings (SSSR count). The topological polar surface area (TPSA) is 99.5 Å². The first-order chi connectivity index (χ1) is 13.7. The number of halogens is 1. The molecular weight excluding hydrogens is 418 g/mol. The van der Waals surface area contributed by atoms with Crippen molar-refractivity contribution in [2.75, 3.05) is 18.5 Å². The molecular formula is C19H24ClN3O5S. The SMILES string of the molecule is CCCOC(=O)c1c(NC(=O)C(C)n2cc(Cl)c(C)n2)sc(C(=O)OCC)c1C. The van der Waals surface area contributed by atoms with Gasteiger partial charge in [0.1, 0.15) is 15.9 Å². The Morgan fingerprint density at radius 2 is 1.93 bits per heavy atom. The summed E-state index contributed by atoms with van der Waals surface area (Å²) in [4.78, 5) is 37.8. The molecule has 1 unspecified atom stereocenters. The number of aromatic nitrogens is 2. The van der Waals surface area contributed by atoms with Crippen molar-refractivity contribution in [2.24, 2.45) is 0 Å². The molecule has 158 valence electrons. The molecule has 0 aliphatic rings. The summed E-state index contributed by atoms with van der Waals surface area (Å²) in [5.74, 6) is -1.56. The van der Waals surface area contributed by atoms with Gasteiger partial charge in [-0.25, -0.2) is 9.59 Å². The largest absolute Gasteiger partial charge is 0.462 e. The van der Waals surface area contributed by atoms with Gasteiger partial charge in [-0.3, -0.25) is 9.48 Å². The van der Waals surface area contributed by atoms with E-state index in [-0.39, 0.29) is 28.7 Å². The number of carbonyl (C=O) groups is 3. The Kier molecular flexibility index (Phi) is 7.80. The lowest BCUT2D eigenvalue weighted by Crippen LogP contribution is -2.24. The molecule has 1 amide bonds. The Morgan fingerprint density at radius 3 is 2.48 bits per heavy atom. The van der Waals surface area contributed by atoms with Gasteiger partial charge in [0.15, 0.2) is 0 Å². The zero-order valence-electron chi connectivity index (χ0n) is 17.0. The van der Waals surface area contributed by atoms with Crippen molar-refractivity contribution in [2.45, 2.75) is 47.1 Å². The average Bonchev–Trinajstić information content (AvgIpc) is 3.18. The van der Waals surface area contributed by atoms with Crippen LogP contribution in [0.3, 0.4) is 0 Å². The number of ether oxygens (including phenoxy) is 2. The normalized spacial score (nSPS) is 11.8. The smallest absolute Gasteiger partial charge is 0.348 e. The number of hydrogen-bond acceptors (Lipinski definition) is 7. The zero-order chi connectivity index (χ0) is 21.7. The molecule has 0 aliphatic carbocycles. The quantitative estimate of drug-likeness (QED) is 0.617. The van der Waals surface area contributed by atoms with Gasteiger partial charge in [0.25, 0.3) is 0 Å². The second kappa shape index (κ2) is 9.89. The summed E-state index contributed by atoms with van der Waals surface area (Å²) in [5, 5.41) is 7.61. The average molecular weight is 442 g/mol. The summed E-state index contributed by atoms with van der Waals surface area (Å²) < 4.78 is 11.7. The fourth-order valence-corrected chi connectivity index (χ4v) is 3.73.